The minimum atomic E-state index is 0.627. The Morgan fingerprint density at radius 1 is 1.40 bits per heavy atom. The summed E-state index contributed by atoms with van der Waals surface area (Å²) in [6.45, 7) is 2.01. The van der Waals surface area contributed by atoms with Crippen LogP contribution >= 0.6 is 0 Å². The zero-order chi connectivity index (χ0) is 13.6. The van der Waals surface area contributed by atoms with Crippen LogP contribution in [-0.2, 0) is 6.42 Å². The van der Waals surface area contributed by atoms with Crippen LogP contribution in [0.5, 0.6) is 0 Å². The van der Waals surface area contributed by atoms with Crippen molar-refractivity contribution in [3.05, 3.63) is 36.4 Å². The molecule has 2 aromatic rings. The first-order valence-corrected chi connectivity index (χ1v) is 7.22. The smallest absolute Gasteiger partial charge is 0.216 e. The average Bonchev–Trinajstić information content (AvgIpc) is 3.15. The maximum absolute atomic E-state index is 5.27. The zero-order valence-electron chi connectivity index (χ0n) is 11.5. The van der Waals surface area contributed by atoms with Crippen molar-refractivity contribution in [3.63, 3.8) is 0 Å². The van der Waals surface area contributed by atoms with Gasteiger partial charge in [-0.1, -0.05) is 12.2 Å². The van der Waals surface area contributed by atoms with E-state index in [1.807, 2.05) is 12.1 Å². The average molecular weight is 272 g/mol. The van der Waals surface area contributed by atoms with Crippen LogP contribution in [0.3, 0.4) is 0 Å². The third-order valence-electron chi connectivity index (χ3n) is 3.62. The number of aromatic amines is 1. The Bertz CT molecular complexity index is 544. The van der Waals surface area contributed by atoms with Gasteiger partial charge < -0.3 is 9.73 Å². The van der Waals surface area contributed by atoms with Crippen molar-refractivity contribution in [2.45, 2.75) is 25.7 Å². The highest BCUT2D eigenvalue weighted by atomic mass is 16.3. The first-order valence-electron chi connectivity index (χ1n) is 7.22. The van der Waals surface area contributed by atoms with Crippen molar-refractivity contribution < 1.29 is 4.42 Å². The van der Waals surface area contributed by atoms with Gasteiger partial charge in [0.2, 0.25) is 5.82 Å². The molecule has 0 saturated heterocycles. The molecule has 2 aromatic heterocycles. The fourth-order valence-corrected chi connectivity index (χ4v) is 2.48. The lowest BCUT2D eigenvalue weighted by Gasteiger charge is -2.17. The van der Waals surface area contributed by atoms with Crippen LogP contribution in [0.4, 0.5) is 0 Å². The van der Waals surface area contributed by atoms with E-state index in [1.165, 1.54) is 19.3 Å². The van der Waals surface area contributed by atoms with E-state index in [0.717, 1.165) is 31.3 Å². The number of furan rings is 1. The molecule has 1 aliphatic carbocycles. The Kier molecular flexibility index (Phi) is 4.28. The van der Waals surface area contributed by atoms with Gasteiger partial charge in [0.05, 0.1) is 6.26 Å². The summed E-state index contributed by atoms with van der Waals surface area (Å²) < 4.78 is 5.27. The second-order valence-corrected chi connectivity index (χ2v) is 5.19. The van der Waals surface area contributed by atoms with Gasteiger partial charge in [-0.2, -0.15) is 5.10 Å². The van der Waals surface area contributed by atoms with Crippen LogP contribution in [0.1, 0.15) is 25.1 Å². The number of aromatic nitrogens is 3. The highest BCUT2D eigenvalue weighted by Gasteiger charge is 2.10. The van der Waals surface area contributed by atoms with E-state index >= 15 is 0 Å². The molecule has 1 aliphatic rings. The van der Waals surface area contributed by atoms with E-state index < -0.39 is 0 Å². The largest absolute Gasteiger partial charge is 0.461 e. The Balaban J connectivity index is 1.41. The quantitative estimate of drug-likeness (QED) is 0.626. The Hall–Kier alpha value is -1.88. The van der Waals surface area contributed by atoms with Crippen LogP contribution < -0.4 is 5.32 Å². The summed E-state index contributed by atoms with van der Waals surface area (Å²) in [7, 11) is 0. The molecular weight excluding hydrogens is 252 g/mol. The molecule has 2 heterocycles. The molecule has 0 bridgehead atoms. The molecular formula is C15H20N4O. The second-order valence-electron chi connectivity index (χ2n) is 5.19. The minimum absolute atomic E-state index is 0.627. The Morgan fingerprint density at radius 2 is 2.40 bits per heavy atom. The standard InChI is InChI=1S/C15H20N4O/c1-2-5-12(6-3-1)11-16-9-8-14-17-15(19-18-14)13-7-4-10-20-13/h1-2,4,7,10,12,16H,3,5-6,8-9,11H2,(H,17,18,19)/t12-/m0/s1. The van der Waals surface area contributed by atoms with Crippen molar-refractivity contribution >= 4 is 0 Å². The highest BCUT2D eigenvalue weighted by Crippen LogP contribution is 2.17. The van der Waals surface area contributed by atoms with Gasteiger partial charge >= 0.3 is 0 Å². The molecule has 0 saturated carbocycles. The number of allylic oxidation sites excluding steroid dienone is 2. The maximum atomic E-state index is 5.27. The third-order valence-corrected chi connectivity index (χ3v) is 3.62. The van der Waals surface area contributed by atoms with E-state index in [4.69, 9.17) is 4.42 Å². The lowest BCUT2D eigenvalue weighted by atomic mass is 9.94. The molecule has 0 radical (unpaired) electrons. The SMILES string of the molecule is C1=CC[C@H](CNCCc2nc(-c3ccco3)n[nH]2)CC1. The number of rotatable bonds is 6. The first-order chi connectivity index (χ1) is 9.92. The summed E-state index contributed by atoms with van der Waals surface area (Å²) >= 11 is 0. The van der Waals surface area contributed by atoms with E-state index in [9.17, 15) is 0 Å². The number of H-pyrrole nitrogens is 1. The van der Waals surface area contributed by atoms with E-state index in [2.05, 4.69) is 32.7 Å². The number of hydrogen-bond donors (Lipinski definition) is 2. The van der Waals surface area contributed by atoms with E-state index in [-0.39, 0.29) is 0 Å². The highest BCUT2D eigenvalue weighted by molar-refractivity contribution is 5.45. The van der Waals surface area contributed by atoms with Crippen molar-refractivity contribution in [1.82, 2.24) is 20.5 Å². The minimum Gasteiger partial charge on any atom is -0.461 e. The van der Waals surface area contributed by atoms with Crippen LogP contribution in [0.2, 0.25) is 0 Å². The van der Waals surface area contributed by atoms with Crippen molar-refractivity contribution in [2.24, 2.45) is 5.92 Å². The summed E-state index contributed by atoms with van der Waals surface area (Å²) in [5.41, 5.74) is 0. The number of nitrogens with zero attached hydrogens (tertiary/aromatic N) is 2. The summed E-state index contributed by atoms with van der Waals surface area (Å²) in [6.07, 6.45) is 10.8. The molecule has 0 fully saturated rings. The third kappa shape index (κ3) is 3.36. The zero-order valence-corrected chi connectivity index (χ0v) is 11.5. The van der Waals surface area contributed by atoms with Gasteiger partial charge in [-0.25, -0.2) is 4.98 Å². The molecule has 20 heavy (non-hydrogen) atoms. The monoisotopic (exact) mass is 272 g/mol. The van der Waals surface area contributed by atoms with Crippen LogP contribution in [-0.4, -0.2) is 28.3 Å². The number of nitrogens with one attached hydrogen (secondary N) is 2. The van der Waals surface area contributed by atoms with Crippen LogP contribution in [0.25, 0.3) is 11.6 Å². The molecule has 0 amide bonds. The predicted octanol–water partition coefficient (Wildman–Crippen LogP) is 2.55. The molecule has 5 heteroatoms. The van der Waals surface area contributed by atoms with Gasteiger partial charge in [0.1, 0.15) is 5.82 Å². The number of hydrogen-bond acceptors (Lipinski definition) is 4. The van der Waals surface area contributed by atoms with Gasteiger partial charge in [0.25, 0.3) is 0 Å². The summed E-state index contributed by atoms with van der Waals surface area (Å²) in [6, 6.07) is 3.70. The normalized spacial score (nSPS) is 18.5. The summed E-state index contributed by atoms with van der Waals surface area (Å²) in [5, 5.41) is 10.6. The molecule has 5 nitrogen and oxygen atoms in total. The van der Waals surface area contributed by atoms with Crippen LogP contribution in [0.15, 0.2) is 35.0 Å². The topological polar surface area (TPSA) is 66.7 Å². The second kappa shape index (κ2) is 6.52. The lowest BCUT2D eigenvalue weighted by Crippen LogP contribution is -2.25. The summed E-state index contributed by atoms with van der Waals surface area (Å²) in [5.74, 6) is 3.01. The molecule has 0 unspecified atom stereocenters. The van der Waals surface area contributed by atoms with Crippen molar-refractivity contribution in [2.75, 3.05) is 13.1 Å². The van der Waals surface area contributed by atoms with Gasteiger partial charge in [-0.3, -0.25) is 5.10 Å². The fraction of sp³-hybridized carbons (Fsp3) is 0.467. The van der Waals surface area contributed by atoms with Gasteiger partial charge in [0.15, 0.2) is 5.76 Å². The molecule has 0 aliphatic heterocycles. The van der Waals surface area contributed by atoms with E-state index in [0.29, 0.717) is 11.6 Å². The summed E-state index contributed by atoms with van der Waals surface area (Å²) in [4.78, 5) is 4.43. The fourth-order valence-electron chi connectivity index (χ4n) is 2.48. The Labute approximate surface area is 118 Å². The predicted molar refractivity (Wildman–Crippen MR) is 77.1 cm³/mol. The molecule has 1 atom stereocenters. The molecule has 3 rings (SSSR count). The maximum Gasteiger partial charge on any atom is 0.216 e. The molecule has 0 spiro atoms. The van der Waals surface area contributed by atoms with Gasteiger partial charge in [-0.05, 0) is 43.9 Å². The van der Waals surface area contributed by atoms with Crippen molar-refractivity contribution in [1.29, 1.82) is 0 Å². The first kappa shape index (κ1) is 13.1. The Morgan fingerprint density at radius 3 is 3.20 bits per heavy atom. The molecule has 2 N–H and O–H groups in total. The van der Waals surface area contributed by atoms with E-state index in [1.54, 1.807) is 6.26 Å². The van der Waals surface area contributed by atoms with Crippen LogP contribution in [0, 0.1) is 5.92 Å². The molecule has 106 valence electrons. The van der Waals surface area contributed by atoms with Gasteiger partial charge in [0, 0.05) is 13.0 Å². The van der Waals surface area contributed by atoms with Crippen molar-refractivity contribution in [3.8, 4) is 11.6 Å². The lowest BCUT2D eigenvalue weighted by molar-refractivity contribution is 0.441. The van der Waals surface area contributed by atoms with Gasteiger partial charge in [-0.15, -0.1) is 0 Å². The molecule has 0 aromatic carbocycles.